The molecule has 0 spiro atoms. The fourth-order valence-electron chi connectivity index (χ4n) is 1.57. The lowest BCUT2D eigenvalue weighted by molar-refractivity contribution is 0.0941. The highest BCUT2D eigenvalue weighted by molar-refractivity contribution is 14.1. The molecular weight excluding hydrogens is 431 g/mol. The predicted octanol–water partition coefficient (Wildman–Crippen LogP) is 3.96. The normalized spacial score (nSPS) is 9.90. The minimum Gasteiger partial charge on any atom is -0.298 e. The number of benzene rings is 2. The Bertz CT molecular complexity index is 641. The van der Waals surface area contributed by atoms with Crippen molar-refractivity contribution in [2.75, 3.05) is 0 Å². The molecule has 0 radical (unpaired) electrons. The Hall–Kier alpha value is -1.34. The van der Waals surface area contributed by atoms with E-state index in [1.807, 2.05) is 42.5 Å². The number of rotatable bonds is 4. The second-order valence-corrected chi connectivity index (χ2v) is 6.12. The third-order valence-corrected chi connectivity index (χ3v) is 4.11. The van der Waals surface area contributed by atoms with E-state index >= 15 is 0 Å². The van der Waals surface area contributed by atoms with E-state index in [0.717, 1.165) is 13.6 Å². The van der Waals surface area contributed by atoms with Crippen molar-refractivity contribution >= 4 is 50.1 Å². The summed E-state index contributed by atoms with van der Waals surface area (Å²) in [6, 6.07) is 15.1. The summed E-state index contributed by atoms with van der Waals surface area (Å²) in [4.78, 5) is 12.0. The molecule has 102 valence electrons. The van der Waals surface area contributed by atoms with Gasteiger partial charge in [-0.05, 0) is 52.4 Å². The number of amides is 1. The van der Waals surface area contributed by atoms with Crippen molar-refractivity contribution in [1.82, 2.24) is 10.9 Å². The lowest BCUT2D eigenvalue weighted by atomic mass is 10.2. The van der Waals surface area contributed by atoms with Gasteiger partial charge in [-0.25, -0.2) is 0 Å². The summed E-state index contributed by atoms with van der Waals surface area (Å²) in [7, 11) is 0. The predicted molar refractivity (Wildman–Crippen MR) is 92.9 cm³/mol. The van der Waals surface area contributed by atoms with Gasteiger partial charge in [0, 0.05) is 8.04 Å². The van der Waals surface area contributed by atoms with Crippen LogP contribution in [0.25, 0.3) is 5.70 Å². The number of carbonyl (C=O) groups is 1. The molecule has 2 N–H and O–H groups in total. The van der Waals surface area contributed by atoms with Crippen LogP contribution < -0.4 is 10.9 Å². The average Bonchev–Trinajstić information content (AvgIpc) is 2.45. The average molecular weight is 443 g/mol. The first-order valence-corrected chi connectivity index (χ1v) is 7.71. The number of carbonyl (C=O) groups excluding carboxylic acids is 1. The van der Waals surface area contributed by atoms with E-state index < -0.39 is 0 Å². The highest BCUT2D eigenvalue weighted by Crippen LogP contribution is 2.15. The highest BCUT2D eigenvalue weighted by atomic mass is 127. The van der Waals surface area contributed by atoms with E-state index in [1.165, 1.54) is 0 Å². The van der Waals surface area contributed by atoms with Crippen molar-refractivity contribution < 1.29 is 4.79 Å². The highest BCUT2D eigenvalue weighted by Gasteiger charge is 2.08. The zero-order valence-corrected chi connectivity index (χ0v) is 14.2. The topological polar surface area (TPSA) is 41.1 Å². The summed E-state index contributed by atoms with van der Waals surface area (Å²) >= 11 is 5.51. The maximum atomic E-state index is 12.0. The van der Waals surface area contributed by atoms with Crippen LogP contribution in [0.15, 0.2) is 59.6 Å². The van der Waals surface area contributed by atoms with Gasteiger partial charge in [-0.15, -0.1) is 0 Å². The van der Waals surface area contributed by atoms with Crippen molar-refractivity contribution in [3.05, 3.63) is 74.3 Å². The van der Waals surface area contributed by atoms with Crippen LogP contribution in [0.5, 0.6) is 0 Å². The van der Waals surface area contributed by atoms with Gasteiger partial charge in [-0.1, -0.05) is 46.8 Å². The molecule has 0 heterocycles. The van der Waals surface area contributed by atoms with Crippen molar-refractivity contribution in [2.45, 2.75) is 0 Å². The Balaban J connectivity index is 1.99. The third-order valence-electron chi connectivity index (χ3n) is 2.64. The smallest absolute Gasteiger partial charge is 0.270 e. The van der Waals surface area contributed by atoms with Gasteiger partial charge in [-0.2, -0.15) is 0 Å². The lowest BCUT2D eigenvalue weighted by Gasteiger charge is -2.12. The Morgan fingerprint density at radius 1 is 1.05 bits per heavy atom. The summed E-state index contributed by atoms with van der Waals surface area (Å²) in [5.74, 6) is -0.187. The lowest BCUT2D eigenvalue weighted by Crippen LogP contribution is -2.36. The molecule has 2 aromatic rings. The van der Waals surface area contributed by atoms with Crippen molar-refractivity contribution in [3.63, 3.8) is 0 Å². The van der Waals surface area contributed by atoms with Gasteiger partial charge in [0.1, 0.15) is 0 Å². The Morgan fingerprint density at radius 3 is 2.35 bits per heavy atom. The molecule has 0 aliphatic carbocycles. The van der Waals surface area contributed by atoms with Gasteiger partial charge in [0.25, 0.3) is 5.91 Å². The monoisotopic (exact) mass is 442 g/mol. The Labute approximate surface area is 139 Å². The van der Waals surface area contributed by atoms with Crippen LogP contribution in [0.4, 0.5) is 0 Å². The standard InChI is InChI=1S/C15H12BrIN2O/c1-10(11-6-8-12(16)9-7-11)18-19-15(20)13-4-2-3-5-14(13)17/h2-9,18H,1H2,(H,19,20). The molecule has 0 fully saturated rings. The Morgan fingerprint density at radius 2 is 1.70 bits per heavy atom. The van der Waals surface area contributed by atoms with Crippen LogP contribution >= 0.6 is 38.5 Å². The molecule has 1 amide bonds. The number of nitrogens with one attached hydrogen (secondary N) is 2. The molecule has 3 nitrogen and oxygen atoms in total. The van der Waals surface area contributed by atoms with Crippen LogP contribution in [-0.2, 0) is 0 Å². The van der Waals surface area contributed by atoms with E-state index in [-0.39, 0.29) is 5.91 Å². The van der Waals surface area contributed by atoms with Gasteiger partial charge in [0.05, 0.1) is 11.3 Å². The first kappa shape index (κ1) is 15.1. The maximum Gasteiger partial charge on any atom is 0.270 e. The molecule has 0 saturated heterocycles. The molecule has 0 unspecified atom stereocenters. The SMILES string of the molecule is C=C(NNC(=O)c1ccccc1I)c1ccc(Br)cc1. The molecule has 0 saturated carbocycles. The van der Waals surface area contributed by atoms with Crippen LogP contribution in [0.3, 0.4) is 0 Å². The zero-order valence-electron chi connectivity index (χ0n) is 10.5. The molecule has 5 heteroatoms. The van der Waals surface area contributed by atoms with Crippen LogP contribution in [0.1, 0.15) is 15.9 Å². The van der Waals surface area contributed by atoms with E-state index in [2.05, 4.69) is 56.0 Å². The van der Waals surface area contributed by atoms with Crippen molar-refractivity contribution in [3.8, 4) is 0 Å². The van der Waals surface area contributed by atoms with E-state index in [0.29, 0.717) is 11.3 Å². The fraction of sp³-hybridized carbons (Fsp3) is 0. The minimum absolute atomic E-state index is 0.187. The maximum absolute atomic E-state index is 12.0. The molecule has 0 aromatic heterocycles. The van der Waals surface area contributed by atoms with Gasteiger partial charge in [-0.3, -0.25) is 15.6 Å². The largest absolute Gasteiger partial charge is 0.298 e. The van der Waals surface area contributed by atoms with E-state index in [9.17, 15) is 4.79 Å². The van der Waals surface area contributed by atoms with Crippen molar-refractivity contribution in [2.24, 2.45) is 0 Å². The molecule has 20 heavy (non-hydrogen) atoms. The van der Waals surface area contributed by atoms with E-state index in [4.69, 9.17) is 0 Å². The first-order chi connectivity index (χ1) is 9.58. The van der Waals surface area contributed by atoms with Crippen molar-refractivity contribution in [1.29, 1.82) is 0 Å². The summed E-state index contributed by atoms with van der Waals surface area (Å²) in [5, 5.41) is 0. The molecule has 2 aromatic carbocycles. The molecule has 0 atom stereocenters. The summed E-state index contributed by atoms with van der Waals surface area (Å²) in [6.07, 6.45) is 0. The number of hydrazine groups is 1. The molecule has 0 bridgehead atoms. The molecule has 2 rings (SSSR count). The first-order valence-electron chi connectivity index (χ1n) is 5.83. The molecule has 0 aliphatic rings. The summed E-state index contributed by atoms with van der Waals surface area (Å²) < 4.78 is 1.90. The van der Waals surface area contributed by atoms with Crippen LogP contribution in [0, 0.1) is 3.57 Å². The van der Waals surface area contributed by atoms with Crippen LogP contribution in [-0.4, -0.2) is 5.91 Å². The molecule has 0 aliphatic heterocycles. The van der Waals surface area contributed by atoms with Gasteiger partial charge >= 0.3 is 0 Å². The quantitative estimate of drug-likeness (QED) is 0.555. The Kier molecular flexibility index (Phi) is 5.19. The third kappa shape index (κ3) is 3.83. The fourth-order valence-corrected chi connectivity index (χ4v) is 2.46. The molecular formula is C15H12BrIN2O. The minimum atomic E-state index is -0.187. The summed E-state index contributed by atoms with van der Waals surface area (Å²) in [6.45, 7) is 3.90. The van der Waals surface area contributed by atoms with E-state index in [1.54, 1.807) is 6.07 Å². The number of hydrogen-bond donors (Lipinski definition) is 2. The van der Waals surface area contributed by atoms with Gasteiger partial charge in [0.15, 0.2) is 0 Å². The second-order valence-electron chi connectivity index (χ2n) is 4.04. The van der Waals surface area contributed by atoms with Crippen LogP contribution in [0.2, 0.25) is 0 Å². The number of hydrogen-bond acceptors (Lipinski definition) is 2. The number of halogens is 2. The summed E-state index contributed by atoms with van der Waals surface area (Å²) in [5.41, 5.74) is 7.66. The van der Waals surface area contributed by atoms with Gasteiger partial charge < -0.3 is 0 Å². The second kappa shape index (κ2) is 6.90. The van der Waals surface area contributed by atoms with Gasteiger partial charge in [0.2, 0.25) is 0 Å². The zero-order chi connectivity index (χ0) is 14.5.